The summed E-state index contributed by atoms with van der Waals surface area (Å²) in [5, 5.41) is 6.88. The predicted molar refractivity (Wildman–Crippen MR) is 106 cm³/mol. The molecule has 0 spiro atoms. The molecule has 2 rings (SSSR count). The first-order chi connectivity index (χ1) is 10.3. The van der Waals surface area contributed by atoms with Gasteiger partial charge in [0.2, 0.25) is 0 Å². The number of hydrogen-bond acceptors (Lipinski definition) is 2. The second kappa shape index (κ2) is 11.3. The third-order valence-electron chi connectivity index (χ3n) is 4.34. The Bertz CT molecular complexity index is 349. The zero-order chi connectivity index (χ0) is 14.9. The molecule has 2 aliphatic rings. The SMILES string of the molecule is CCNC(=NCCCN1CCCC(C)C1)NC1CC=CC1.I. The number of guanidine groups is 1. The van der Waals surface area contributed by atoms with Gasteiger partial charge in [-0.15, -0.1) is 24.0 Å². The van der Waals surface area contributed by atoms with Gasteiger partial charge in [0, 0.05) is 25.7 Å². The monoisotopic (exact) mass is 420 g/mol. The van der Waals surface area contributed by atoms with E-state index in [0.717, 1.165) is 44.2 Å². The maximum atomic E-state index is 4.72. The van der Waals surface area contributed by atoms with Gasteiger partial charge in [-0.2, -0.15) is 0 Å². The third kappa shape index (κ3) is 7.31. The van der Waals surface area contributed by atoms with Crippen LogP contribution < -0.4 is 10.6 Å². The molecule has 128 valence electrons. The second-order valence-corrected chi connectivity index (χ2v) is 6.45. The van der Waals surface area contributed by atoms with Crippen molar-refractivity contribution in [2.45, 2.75) is 52.0 Å². The van der Waals surface area contributed by atoms with Crippen molar-refractivity contribution in [1.29, 1.82) is 0 Å². The minimum atomic E-state index is 0. The van der Waals surface area contributed by atoms with Crippen LogP contribution in [0.25, 0.3) is 0 Å². The molecular formula is C17H33IN4. The lowest BCUT2D eigenvalue weighted by Crippen LogP contribution is -2.42. The summed E-state index contributed by atoms with van der Waals surface area (Å²) >= 11 is 0. The molecule has 0 bridgehead atoms. The molecule has 0 aromatic rings. The van der Waals surface area contributed by atoms with Crippen LogP contribution in [0, 0.1) is 5.92 Å². The Morgan fingerprint density at radius 2 is 2.09 bits per heavy atom. The Kier molecular flexibility index (Phi) is 10.1. The predicted octanol–water partition coefficient (Wildman–Crippen LogP) is 3.00. The van der Waals surface area contributed by atoms with E-state index >= 15 is 0 Å². The van der Waals surface area contributed by atoms with E-state index < -0.39 is 0 Å². The molecule has 0 radical (unpaired) electrons. The molecule has 1 fully saturated rings. The molecule has 1 heterocycles. The highest BCUT2D eigenvalue weighted by Crippen LogP contribution is 2.15. The molecule has 5 heteroatoms. The first-order valence-electron chi connectivity index (χ1n) is 8.70. The van der Waals surface area contributed by atoms with Gasteiger partial charge in [-0.3, -0.25) is 4.99 Å². The van der Waals surface area contributed by atoms with Gasteiger partial charge in [-0.05, 0) is 58.0 Å². The number of halogens is 1. The van der Waals surface area contributed by atoms with Gasteiger partial charge in [0.25, 0.3) is 0 Å². The summed E-state index contributed by atoms with van der Waals surface area (Å²) in [5.41, 5.74) is 0. The van der Waals surface area contributed by atoms with Crippen molar-refractivity contribution in [1.82, 2.24) is 15.5 Å². The summed E-state index contributed by atoms with van der Waals surface area (Å²) < 4.78 is 0. The van der Waals surface area contributed by atoms with E-state index in [2.05, 4.69) is 41.5 Å². The Morgan fingerprint density at radius 1 is 1.32 bits per heavy atom. The molecule has 0 aromatic carbocycles. The van der Waals surface area contributed by atoms with Crippen molar-refractivity contribution in [2.75, 3.05) is 32.7 Å². The molecule has 1 aliphatic heterocycles. The molecule has 1 atom stereocenters. The van der Waals surface area contributed by atoms with Crippen LogP contribution in [-0.4, -0.2) is 49.6 Å². The summed E-state index contributed by atoms with van der Waals surface area (Å²) in [5.74, 6) is 1.86. The van der Waals surface area contributed by atoms with E-state index in [9.17, 15) is 0 Å². The maximum absolute atomic E-state index is 4.72. The Balaban J connectivity index is 0.00000242. The topological polar surface area (TPSA) is 39.7 Å². The summed E-state index contributed by atoms with van der Waals surface area (Å²) in [4.78, 5) is 7.32. The summed E-state index contributed by atoms with van der Waals surface area (Å²) in [6.07, 6.45) is 10.7. The largest absolute Gasteiger partial charge is 0.357 e. The highest BCUT2D eigenvalue weighted by molar-refractivity contribution is 14.0. The molecule has 4 nitrogen and oxygen atoms in total. The van der Waals surface area contributed by atoms with Crippen molar-refractivity contribution in [3.63, 3.8) is 0 Å². The van der Waals surface area contributed by atoms with Crippen LogP contribution in [0.4, 0.5) is 0 Å². The van der Waals surface area contributed by atoms with Gasteiger partial charge in [-0.25, -0.2) is 0 Å². The summed E-state index contributed by atoms with van der Waals surface area (Å²) in [6, 6.07) is 0.533. The van der Waals surface area contributed by atoms with Gasteiger partial charge >= 0.3 is 0 Å². The first-order valence-corrected chi connectivity index (χ1v) is 8.70. The van der Waals surface area contributed by atoms with Crippen LogP contribution in [0.3, 0.4) is 0 Å². The highest BCUT2D eigenvalue weighted by atomic mass is 127. The lowest BCUT2D eigenvalue weighted by molar-refractivity contribution is 0.183. The molecule has 0 aromatic heterocycles. The van der Waals surface area contributed by atoms with Gasteiger partial charge < -0.3 is 15.5 Å². The van der Waals surface area contributed by atoms with Crippen molar-refractivity contribution in [3.8, 4) is 0 Å². The van der Waals surface area contributed by atoms with E-state index in [-0.39, 0.29) is 24.0 Å². The summed E-state index contributed by atoms with van der Waals surface area (Å²) in [7, 11) is 0. The molecule has 0 amide bonds. The lowest BCUT2D eigenvalue weighted by Gasteiger charge is -2.30. The number of aliphatic imine (C=N–C) groups is 1. The zero-order valence-electron chi connectivity index (χ0n) is 14.2. The van der Waals surface area contributed by atoms with Crippen LogP contribution in [-0.2, 0) is 0 Å². The zero-order valence-corrected chi connectivity index (χ0v) is 16.5. The lowest BCUT2D eigenvalue weighted by atomic mass is 10.0. The van der Waals surface area contributed by atoms with Crippen LogP contribution in [0.5, 0.6) is 0 Å². The van der Waals surface area contributed by atoms with Crippen LogP contribution >= 0.6 is 24.0 Å². The van der Waals surface area contributed by atoms with Crippen molar-refractivity contribution < 1.29 is 0 Å². The number of piperidine rings is 1. The standard InChI is InChI=1S/C17H32N4.HI/c1-3-18-17(20-16-9-4-5-10-16)19-11-7-13-21-12-6-8-15(2)14-21;/h4-5,15-16H,3,6-14H2,1-2H3,(H2,18,19,20);1H. The fourth-order valence-corrected chi connectivity index (χ4v) is 3.22. The minimum Gasteiger partial charge on any atom is -0.357 e. The van der Waals surface area contributed by atoms with Crippen LogP contribution in [0.2, 0.25) is 0 Å². The molecular weight excluding hydrogens is 387 g/mol. The third-order valence-corrected chi connectivity index (χ3v) is 4.34. The highest BCUT2D eigenvalue weighted by Gasteiger charge is 2.15. The average molecular weight is 420 g/mol. The normalized spacial score (nSPS) is 23.4. The van der Waals surface area contributed by atoms with Crippen molar-refractivity contribution in [3.05, 3.63) is 12.2 Å². The van der Waals surface area contributed by atoms with E-state index in [1.807, 2.05) is 0 Å². The van der Waals surface area contributed by atoms with Gasteiger partial charge in [0.1, 0.15) is 0 Å². The summed E-state index contributed by atoms with van der Waals surface area (Å²) in [6.45, 7) is 10.1. The Labute approximate surface area is 153 Å². The first kappa shape index (κ1) is 19.7. The minimum absolute atomic E-state index is 0. The van der Waals surface area contributed by atoms with Gasteiger partial charge in [-0.1, -0.05) is 19.1 Å². The van der Waals surface area contributed by atoms with E-state index in [1.54, 1.807) is 0 Å². The number of rotatable bonds is 6. The number of nitrogens with zero attached hydrogens (tertiary/aromatic N) is 2. The smallest absolute Gasteiger partial charge is 0.191 e. The number of hydrogen-bond donors (Lipinski definition) is 2. The van der Waals surface area contributed by atoms with Crippen LogP contribution in [0.15, 0.2) is 17.1 Å². The average Bonchev–Trinajstić information content (AvgIpc) is 2.97. The number of likely N-dealkylation sites (tertiary alicyclic amines) is 1. The fourth-order valence-electron chi connectivity index (χ4n) is 3.22. The molecule has 2 N–H and O–H groups in total. The van der Waals surface area contributed by atoms with Gasteiger partial charge in [0.15, 0.2) is 5.96 Å². The maximum Gasteiger partial charge on any atom is 0.191 e. The quantitative estimate of drug-likeness (QED) is 0.228. The molecule has 0 saturated carbocycles. The Morgan fingerprint density at radius 3 is 2.77 bits per heavy atom. The van der Waals surface area contributed by atoms with E-state index in [1.165, 1.54) is 32.5 Å². The van der Waals surface area contributed by atoms with E-state index in [4.69, 9.17) is 4.99 Å². The number of nitrogens with one attached hydrogen (secondary N) is 2. The van der Waals surface area contributed by atoms with E-state index in [0.29, 0.717) is 6.04 Å². The molecule has 1 saturated heterocycles. The molecule has 1 unspecified atom stereocenters. The Hall–Kier alpha value is -0.300. The fraction of sp³-hybridized carbons (Fsp3) is 0.824. The second-order valence-electron chi connectivity index (χ2n) is 6.45. The van der Waals surface area contributed by atoms with Crippen LogP contribution in [0.1, 0.15) is 46.0 Å². The van der Waals surface area contributed by atoms with Crippen molar-refractivity contribution >= 4 is 29.9 Å². The molecule has 1 aliphatic carbocycles. The van der Waals surface area contributed by atoms with Gasteiger partial charge in [0.05, 0.1) is 0 Å². The van der Waals surface area contributed by atoms with Crippen molar-refractivity contribution in [2.24, 2.45) is 10.9 Å². The molecule has 22 heavy (non-hydrogen) atoms.